The Morgan fingerprint density at radius 3 is 2.00 bits per heavy atom. The summed E-state index contributed by atoms with van der Waals surface area (Å²) < 4.78 is 0. The summed E-state index contributed by atoms with van der Waals surface area (Å²) in [6, 6.07) is 5.72. The van der Waals surface area contributed by atoms with Crippen LogP contribution in [-0.4, -0.2) is 11.3 Å². The Morgan fingerprint density at radius 1 is 1.27 bits per heavy atom. The van der Waals surface area contributed by atoms with Crippen molar-refractivity contribution in [1.82, 2.24) is 4.98 Å². The third kappa shape index (κ3) is 8.82. The van der Waals surface area contributed by atoms with E-state index < -0.39 is 0 Å². The largest absolute Gasteiger partial charge is 0.303 e. The molecule has 11 heavy (non-hydrogen) atoms. The number of aldehydes is 1. The van der Waals surface area contributed by atoms with Crippen molar-refractivity contribution >= 4 is 6.29 Å². The van der Waals surface area contributed by atoms with E-state index in [-0.39, 0.29) is 0 Å². The maximum atomic E-state index is 9.40. The Labute approximate surface area is 67.3 Å². The Balaban J connectivity index is 0.000000187. The van der Waals surface area contributed by atoms with Crippen molar-refractivity contribution in [3.8, 4) is 0 Å². The highest BCUT2D eigenvalue weighted by atomic mass is 16.1. The molecule has 0 saturated heterocycles. The van der Waals surface area contributed by atoms with E-state index in [9.17, 15) is 4.79 Å². The minimum Gasteiger partial charge on any atom is -0.303 e. The minimum absolute atomic E-state index is 0.708. The molecule has 0 saturated carbocycles. The van der Waals surface area contributed by atoms with Crippen molar-refractivity contribution in [2.45, 2.75) is 19.8 Å². The third-order valence-corrected chi connectivity index (χ3v) is 0.973. The molecule has 2 nitrogen and oxygen atoms in total. The number of pyridine rings is 1. The molecule has 1 aromatic heterocycles. The number of hydrogen-bond acceptors (Lipinski definition) is 2. The van der Waals surface area contributed by atoms with Crippen LogP contribution in [0.15, 0.2) is 30.6 Å². The number of hydrogen-bond donors (Lipinski definition) is 0. The van der Waals surface area contributed by atoms with Gasteiger partial charge in [-0.15, -0.1) is 0 Å². The number of unbranched alkanes of at least 4 members (excludes halogenated alkanes) is 1. The van der Waals surface area contributed by atoms with Crippen LogP contribution in [0.1, 0.15) is 19.8 Å². The lowest BCUT2D eigenvalue weighted by atomic mass is 10.4. The molecule has 0 amide bonds. The minimum atomic E-state index is 0.708. The van der Waals surface area contributed by atoms with Crippen molar-refractivity contribution in [2.75, 3.05) is 0 Å². The van der Waals surface area contributed by atoms with E-state index in [1.54, 1.807) is 12.4 Å². The normalized spacial score (nSPS) is 7.73. The van der Waals surface area contributed by atoms with Crippen molar-refractivity contribution in [1.29, 1.82) is 0 Å². The van der Waals surface area contributed by atoms with Crippen molar-refractivity contribution < 1.29 is 4.79 Å². The van der Waals surface area contributed by atoms with Crippen LogP contribution in [-0.2, 0) is 4.79 Å². The highest BCUT2D eigenvalue weighted by molar-refractivity contribution is 5.48. The summed E-state index contributed by atoms with van der Waals surface area (Å²) in [5.74, 6) is 0. The predicted octanol–water partition coefficient (Wildman–Crippen LogP) is 2.07. The lowest BCUT2D eigenvalue weighted by Crippen LogP contribution is -1.64. The lowest BCUT2D eigenvalue weighted by molar-refractivity contribution is -0.107. The second kappa shape index (κ2) is 8.82. The summed E-state index contributed by atoms with van der Waals surface area (Å²) in [7, 11) is 0. The van der Waals surface area contributed by atoms with Gasteiger partial charge in [-0.3, -0.25) is 4.98 Å². The molecule has 0 aliphatic rings. The summed E-state index contributed by atoms with van der Waals surface area (Å²) in [6.07, 6.45) is 6.11. The van der Waals surface area contributed by atoms with Gasteiger partial charge in [-0.1, -0.05) is 13.0 Å². The molecule has 0 spiro atoms. The van der Waals surface area contributed by atoms with Crippen LogP contribution < -0.4 is 0 Å². The fourth-order valence-corrected chi connectivity index (χ4v) is 0.430. The Morgan fingerprint density at radius 2 is 1.91 bits per heavy atom. The summed E-state index contributed by atoms with van der Waals surface area (Å²) in [6.45, 7) is 1.98. The second-order valence-corrected chi connectivity index (χ2v) is 1.98. The Bertz CT molecular complexity index is 136. The average Bonchev–Trinajstić information content (AvgIpc) is 2.10. The quantitative estimate of drug-likeness (QED) is 0.605. The SMILES string of the molecule is CCCC=O.c1ccncc1. The third-order valence-electron chi connectivity index (χ3n) is 0.973. The number of aromatic nitrogens is 1. The second-order valence-electron chi connectivity index (χ2n) is 1.98. The van der Waals surface area contributed by atoms with E-state index in [1.807, 2.05) is 25.1 Å². The molecule has 0 atom stereocenters. The molecule has 0 bridgehead atoms. The zero-order chi connectivity index (χ0) is 8.36. The number of rotatable bonds is 2. The van der Waals surface area contributed by atoms with Crippen LogP contribution >= 0.6 is 0 Å². The lowest BCUT2D eigenvalue weighted by Gasteiger charge is -1.70. The van der Waals surface area contributed by atoms with E-state index in [1.165, 1.54) is 0 Å². The van der Waals surface area contributed by atoms with Crippen LogP contribution in [0.2, 0.25) is 0 Å². The van der Waals surface area contributed by atoms with Gasteiger partial charge in [0.2, 0.25) is 0 Å². The highest BCUT2D eigenvalue weighted by Gasteiger charge is 1.66. The van der Waals surface area contributed by atoms with Gasteiger partial charge in [-0.25, -0.2) is 0 Å². The number of carbonyl (C=O) groups excluding carboxylic acids is 1. The van der Waals surface area contributed by atoms with Gasteiger partial charge in [0, 0.05) is 18.8 Å². The fraction of sp³-hybridized carbons (Fsp3) is 0.333. The molecule has 1 rings (SSSR count). The van der Waals surface area contributed by atoms with Gasteiger partial charge < -0.3 is 4.79 Å². The van der Waals surface area contributed by atoms with Crippen LogP contribution in [0, 0.1) is 0 Å². The first kappa shape index (κ1) is 9.82. The maximum absolute atomic E-state index is 9.40. The maximum Gasteiger partial charge on any atom is 0.119 e. The Kier molecular flexibility index (Phi) is 7.87. The molecule has 1 aromatic rings. The first-order chi connectivity index (χ1) is 5.41. The molecule has 0 N–H and O–H groups in total. The molecular formula is C9H13NO. The summed E-state index contributed by atoms with van der Waals surface area (Å²) in [4.78, 5) is 13.2. The van der Waals surface area contributed by atoms with Gasteiger partial charge in [0.15, 0.2) is 0 Å². The monoisotopic (exact) mass is 151 g/mol. The number of carbonyl (C=O) groups is 1. The average molecular weight is 151 g/mol. The van der Waals surface area contributed by atoms with Gasteiger partial charge in [0.25, 0.3) is 0 Å². The molecule has 0 aliphatic heterocycles. The molecular weight excluding hydrogens is 138 g/mol. The van der Waals surface area contributed by atoms with Gasteiger partial charge in [0.1, 0.15) is 6.29 Å². The van der Waals surface area contributed by atoms with Crippen LogP contribution in [0.4, 0.5) is 0 Å². The van der Waals surface area contributed by atoms with Crippen LogP contribution in [0.3, 0.4) is 0 Å². The van der Waals surface area contributed by atoms with Crippen molar-refractivity contribution in [2.24, 2.45) is 0 Å². The summed E-state index contributed by atoms with van der Waals surface area (Å²) >= 11 is 0. The smallest absolute Gasteiger partial charge is 0.119 e. The number of nitrogens with zero attached hydrogens (tertiary/aromatic N) is 1. The first-order valence-corrected chi connectivity index (χ1v) is 3.70. The van der Waals surface area contributed by atoms with Crippen LogP contribution in [0.25, 0.3) is 0 Å². The zero-order valence-corrected chi connectivity index (χ0v) is 6.73. The topological polar surface area (TPSA) is 30.0 Å². The molecule has 2 heteroatoms. The van der Waals surface area contributed by atoms with E-state index in [0.29, 0.717) is 6.42 Å². The molecule has 0 unspecified atom stereocenters. The van der Waals surface area contributed by atoms with Gasteiger partial charge >= 0.3 is 0 Å². The predicted molar refractivity (Wildman–Crippen MR) is 45.2 cm³/mol. The van der Waals surface area contributed by atoms with Crippen molar-refractivity contribution in [3.63, 3.8) is 0 Å². The molecule has 0 aliphatic carbocycles. The zero-order valence-electron chi connectivity index (χ0n) is 6.73. The van der Waals surface area contributed by atoms with Gasteiger partial charge in [-0.05, 0) is 18.6 Å². The highest BCUT2D eigenvalue weighted by Crippen LogP contribution is 1.75. The summed E-state index contributed by atoms with van der Waals surface area (Å²) in [5, 5.41) is 0. The van der Waals surface area contributed by atoms with E-state index in [0.717, 1.165) is 12.7 Å². The van der Waals surface area contributed by atoms with E-state index in [4.69, 9.17) is 0 Å². The van der Waals surface area contributed by atoms with Crippen molar-refractivity contribution in [3.05, 3.63) is 30.6 Å². The van der Waals surface area contributed by atoms with Crippen LogP contribution in [0.5, 0.6) is 0 Å². The molecule has 0 aromatic carbocycles. The molecule has 1 heterocycles. The molecule has 0 fully saturated rings. The van der Waals surface area contributed by atoms with Gasteiger partial charge in [0.05, 0.1) is 0 Å². The molecule has 0 radical (unpaired) electrons. The van der Waals surface area contributed by atoms with E-state index >= 15 is 0 Å². The first-order valence-electron chi connectivity index (χ1n) is 3.70. The molecule has 60 valence electrons. The van der Waals surface area contributed by atoms with Gasteiger partial charge in [-0.2, -0.15) is 0 Å². The van der Waals surface area contributed by atoms with E-state index in [2.05, 4.69) is 4.98 Å². The fourth-order valence-electron chi connectivity index (χ4n) is 0.430. The Hall–Kier alpha value is -1.18. The standard InChI is InChI=1S/C5H5N.C4H8O/c1-2-4-6-5-3-1;1-2-3-4-5/h1-5H;4H,2-3H2,1H3. The summed E-state index contributed by atoms with van der Waals surface area (Å²) in [5.41, 5.74) is 0.